The first-order valence-corrected chi connectivity index (χ1v) is 9.91. The van der Waals surface area contributed by atoms with E-state index >= 15 is 0 Å². The summed E-state index contributed by atoms with van der Waals surface area (Å²) in [4.78, 5) is 0. The molecule has 0 aliphatic rings. The number of rotatable bonds is 5. The van der Waals surface area contributed by atoms with Crippen LogP contribution in [0.15, 0.2) is 66.9 Å². The summed E-state index contributed by atoms with van der Waals surface area (Å²) in [5.74, 6) is -0.423. The molecule has 168 valence electrons. The molecule has 0 spiro atoms. The Morgan fingerprint density at radius 2 is 1.82 bits per heavy atom. The van der Waals surface area contributed by atoms with E-state index in [4.69, 9.17) is 0 Å². The molecule has 0 radical (unpaired) electrons. The molecule has 2 N–H and O–H groups in total. The van der Waals surface area contributed by atoms with Crippen molar-refractivity contribution in [3.8, 4) is 11.8 Å². The molecule has 0 saturated heterocycles. The van der Waals surface area contributed by atoms with Crippen LogP contribution in [0.5, 0.6) is 0 Å². The second-order valence-electron chi connectivity index (χ2n) is 7.63. The minimum Gasteiger partial charge on any atom is -0.380 e. The van der Waals surface area contributed by atoms with Crippen LogP contribution >= 0.6 is 0 Å². The zero-order valence-electron chi connectivity index (χ0n) is 17.4. The van der Waals surface area contributed by atoms with Crippen LogP contribution in [-0.4, -0.2) is 27.6 Å². The highest BCUT2D eigenvalue weighted by Gasteiger charge is 2.55. The van der Waals surface area contributed by atoms with Gasteiger partial charge in [-0.2, -0.15) is 23.5 Å². The molecule has 1 heterocycles. The van der Waals surface area contributed by atoms with Crippen molar-refractivity contribution in [1.29, 1.82) is 5.26 Å². The molecular formula is C24H18F4N4O. The van der Waals surface area contributed by atoms with Gasteiger partial charge in [0.25, 0.3) is 0 Å². The van der Waals surface area contributed by atoms with Gasteiger partial charge in [-0.25, -0.2) is 9.07 Å². The van der Waals surface area contributed by atoms with E-state index in [9.17, 15) is 27.9 Å². The van der Waals surface area contributed by atoms with E-state index in [1.54, 1.807) is 19.1 Å². The summed E-state index contributed by atoms with van der Waals surface area (Å²) in [5, 5.41) is 27.3. The van der Waals surface area contributed by atoms with Crippen molar-refractivity contribution >= 4 is 16.6 Å². The van der Waals surface area contributed by atoms with Gasteiger partial charge in [-0.05, 0) is 60.5 Å². The average Bonchev–Trinajstić information content (AvgIpc) is 3.20. The highest BCUT2D eigenvalue weighted by Crippen LogP contribution is 2.40. The Hall–Kier alpha value is -3.90. The first-order valence-electron chi connectivity index (χ1n) is 9.91. The van der Waals surface area contributed by atoms with Crippen LogP contribution in [0.3, 0.4) is 0 Å². The van der Waals surface area contributed by atoms with Crippen molar-refractivity contribution in [2.75, 3.05) is 11.9 Å². The minimum absolute atomic E-state index is 0.199. The SMILES string of the molecule is Cc1cccc(NCC(O)(c2ccc3c(cnn3-c3ccc(F)cc3)c2)C(F)(F)F)c1C#N. The quantitative estimate of drug-likeness (QED) is 0.406. The Balaban J connectivity index is 1.72. The third-order valence-corrected chi connectivity index (χ3v) is 5.50. The minimum atomic E-state index is -5.00. The van der Waals surface area contributed by atoms with Gasteiger partial charge in [0.2, 0.25) is 5.60 Å². The van der Waals surface area contributed by atoms with Crippen molar-refractivity contribution in [2.24, 2.45) is 0 Å². The van der Waals surface area contributed by atoms with E-state index in [0.29, 0.717) is 22.2 Å². The maximum Gasteiger partial charge on any atom is 0.423 e. The molecule has 0 amide bonds. The molecule has 1 atom stereocenters. The molecule has 1 aromatic heterocycles. The summed E-state index contributed by atoms with van der Waals surface area (Å²) in [7, 11) is 0. The fourth-order valence-corrected chi connectivity index (χ4v) is 3.63. The number of fused-ring (bicyclic) bond motifs is 1. The number of aryl methyl sites for hydroxylation is 1. The monoisotopic (exact) mass is 454 g/mol. The van der Waals surface area contributed by atoms with Crippen molar-refractivity contribution in [3.63, 3.8) is 0 Å². The summed E-state index contributed by atoms with van der Waals surface area (Å²) < 4.78 is 56.8. The van der Waals surface area contributed by atoms with Crippen LogP contribution in [0.4, 0.5) is 23.2 Å². The molecule has 0 aliphatic heterocycles. The summed E-state index contributed by atoms with van der Waals surface area (Å²) in [6.45, 7) is 0.776. The summed E-state index contributed by atoms with van der Waals surface area (Å²) in [5.41, 5.74) is -1.56. The van der Waals surface area contributed by atoms with E-state index in [-0.39, 0.29) is 16.8 Å². The summed E-state index contributed by atoms with van der Waals surface area (Å²) in [6, 6.07) is 16.1. The topological polar surface area (TPSA) is 73.9 Å². The predicted octanol–water partition coefficient (Wildman–Crippen LogP) is 5.21. The van der Waals surface area contributed by atoms with Crippen LogP contribution in [0.1, 0.15) is 16.7 Å². The van der Waals surface area contributed by atoms with Gasteiger partial charge in [0.1, 0.15) is 11.9 Å². The number of alkyl halides is 3. The van der Waals surface area contributed by atoms with Gasteiger partial charge in [-0.15, -0.1) is 0 Å². The second-order valence-corrected chi connectivity index (χ2v) is 7.63. The average molecular weight is 454 g/mol. The molecule has 0 aliphatic carbocycles. The number of hydrogen-bond acceptors (Lipinski definition) is 4. The van der Waals surface area contributed by atoms with Crippen molar-refractivity contribution in [2.45, 2.75) is 18.7 Å². The molecule has 0 bridgehead atoms. The Morgan fingerprint density at radius 3 is 2.48 bits per heavy atom. The smallest absolute Gasteiger partial charge is 0.380 e. The van der Waals surface area contributed by atoms with E-state index in [1.165, 1.54) is 59.4 Å². The van der Waals surface area contributed by atoms with Crippen molar-refractivity contribution < 1.29 is 22.7 Å². The van der Waals surface area contributed by atoms with Gasteiger partial charge in [0, 0.05) is 5.39 Å². The molecule has 33 heavy (non-hydrogen) atoms. The molecule has 1 unspecified atom stereocenters. The maximum atomic E-state index is 14.1. The first-order chi connectivity index (χ1) is 15.6. The number of nitrogens with one attached hydrogen (secondary N) is 1. The lowest BCUT2D eigenvalue weighted by Gasteiger charge is -2.31. The first kappa shape index (κ1) is 22.3. The molecule has 5 nitrogen and oxygen atoms in total. The van der Waals surface area contributed by atoms with Gasteiger partial charge in [0.05, 0.1) is 35.2 Å². The van der Waals surface area contributed by atoms with Gasteiger partial charge >= 0.3 is 6.18 Å². The Kier molecular flexibility index (Phi) is 5.56. The highest BCUT2D eigenvalue weighted by molar-refractivity contribution is 5.81. The highest BCUT2D eigenvalue weighted by atomic mass is 19.4. The van der Waals surface area contributed by atoms with Crippen LogP contribution in [-0.2, 0) is 5.60 Å². The number of benzene rings is 3. The number of aromatic nitrogens is 2. The van der Waals surface area contributed by atoms with E-state index in [2.05, 4.69) is 10.4 Å². The van der Waals surface area contributed by atoms with Crippen LogP contribution < -0.4 is 5.32 Å². The number of aliphatic hydroxyl groups is 1. The van der Waals surface area contributed by atoms with E-state index < -0.39 is 24.1 Å². The second kappa shape index (κ2) is 8.22. The molecule has 3 aromatic carbocycles. The lowest BCUT2D eigenvalue weighted by atomic mass is 9.91. The Morgan fingerprint density at radius 1 is 1.09 bits per heavy atom. The van der Waals surface area contributed by atoms with Gasteiger partial charge in [0.15, 0.2) is 0 Å². The molecule has 0 fully saturated rings. The van der Waals surface area contributed by atoms with Crippen LogP contribution in [0, 0.1) is 24.1 Å². The fourth-order valence-electron chi connectivity index (χ4n) is 3.63. The fraction of sp³-hybridized carbons (Fsp3) is 0.167. The standard InChI is InChI=1S/C24H18F4N4O/c1-15-3-2-4-21(20(15)12-29)30-14-23(33,24(26,27)28)17-5-10-22-16(11-17)13-31-32(22)19-8-6-18(25)7-9-19/h2-11,13,30,33H,14H2,1H3. The zero-order chi connectivity index (χ0) is 23.8. The Bertz CT molecular complexity index is 1360. The summed E-state index contributed by atoms with van der Waals surface area (Å²) in [6.07, 6.45) is -3.63. The van der Waals surface area contributed by atoms with E-state index in [0.717, 1.165) is 0 Å². The third-order valence-electron chi connectivity index (χ3n) is 5.50. The van der Waals surface area contributed by atoms with Crippen molar-refractivity contribution in [3.05, 3.63) is 89.4 Å². The number of halogens is 4. The molecule has 9 heteroatoms. The summed E-state index contributed by atoms with van der Waals surface area (Å²) >= 11 is 0. The van der Waals surface area contributed by atoms with Crippen LogP contribution in [0.25, 0.3) is 16.6 Å². The van der Waals surface area contributed by atoms with Crippen molar-refractivity contribution in [1.82, 2.24) is 9.78 Å². The molecular weight excluding hydrogens is 436 g/mol. The number of anilines is 1. The Labute approximate surface area is 186 Å². The van der Waals surface area contributed by atoms with Gasteiger partial charge in [-0.3, -0.25) is 0 Å². The van der Waals surface area contributed by atoms with Gasteiger partial charge in [-0.1, -0.05) is 18.2 Å². The van der Waals surface area contributed by atoms with E-state index in [1.807, 2.05) is 6.07 Å². The molecule has 4 aromatic rings. The lowest BCUT2D eigenvalue weighted by Crippen LogP contribution is -2.47. The number of nitriles is 1. The number of hydrogen-bond donors (Lipinski definition) is 2. The van der Waals surface area contributed by atoms with Crippen LogP contribution in [0.2, 0.25) is 0 Å². The molecule has 4 rings (SSSR count). The maximum absolute atomic E-state index is 14.1. The third kappa shape index (κ3) is 4.01. The normalized spacial score (nSPS) is 13.5. The predicted molar refractivity (Wildman–Crippen MR) is 115 cm³/mol. The molecule has 0 saturated carbocycles. The lowest BCUT2D eigenvalue weighted by molar-refractivity contribution is -0.260. The largest absolute Gasteiger partial charge is 0.423 e. The zero-order valence-corrected chi connectivity index (χ0v) is 17.4. The number of nitrogens with zero attached hydrogens (tertiary/aromatic N) is 3. The van der Waals surface area contributed by atoms with Gasteiger partial charge < -0.3 is 10.4 Å².